The second kappa shape index (κ2) is 9.29. The number of hydrogen-bond acceptors (Lipinski definition) is 7. The highest BCUT2D eigenvalue weighted by Gasteiger charge is 2.42. The molecule has 0 radical (unpaired) electrons. The van der Waals surface area contributed by atoms with Gasteiger partial charge in [0.05, 0.1) is 13.7 Å². The van der Waals surface area contributed by atoms with Gasteiger partial charge in [-0.05, 0) is 18.1 Å². The molecule has 0 unspecified atom stereocenters. The molecule has 31 heavy (non-hydrogen) atoms. The number of methoxy groups -OCH3 is 1. The predicted molar refractivity (Wildman–Crippen MR) is 98.9 cm³/mol. The molecule has 10 nitrogen and oxygen atoms in total. The van der Waals surface area contributed by atoms with Gasteiger partial charge < -0.3 is 19.7 Å². The molecule has 168 valence electrons. The zero-order chi connectivity index (χ0) is 22.6. The topological polar surface area (TPSA) is 111 Å². The van der Waals surface area contributed by atoms with Crippen molar-refractivity contribution in [2.45, 2.75) is 25.2 Å². The first-order chi connectivity index (χ1) is 14.7. The number of ether oxygens (including phenoxy) is 2. The molecule has 3 heterocycles. The average Bonchev–Trinajstić information content (AvgIpc) is 3.34. The SMILES string of the molecule is COc1ccc(COCC(=O)N[C@@H]2CCN(C(=O)c3nnn(C)c3C(F)(F)F)C2)cn1. The van der Waals surface area contributed by atoms with E-state index in [1.54, 1.807) is 18.3 Å². The molecule has 1 fully saturated rings. The van der Waals surface area contributed by atoms with Crippen LogP contribution in [0.25, 0.3) is 0 Å². The molecule has 1 N–H and O–H groups in total. The lowest BCUT2D eigenvalue weighted by molar-refractivity contribution is -0.144. The first-order valence-corrected chi connectivity index (χ1v) is 9.31. The summed E-state index contributed by atoms with van der Waals surface area (Å²) in [7, 11) is 2.57. The Morgan fingerprint density at radius 2 is 2.10 bits per heavy atom. The molecule has 1 aliphatic rings. The third kappa shape index (κ3) is 5.48. The number of likely N-dealkylation sites (tertiary alicyclic amines) is 1. The van der Waals surface area contributed by atoms with E-state index in [0.29, 0.717) is 17.0 Å². The van der Waals surface area contributed by atoms with E-state index in [2.05, 4.69) is 20.6 Å². The highest BCUT2D eigenvalue weighted by molar-refractivity contribution is 5.93. The number of aromatic nitrogens is 4. The fourth-order valence-corrected chi connectivity index (χ4v) is 3.18. The summed E-state index contributed by atoms with van der Waals surface area (Å²) < 4.78 is 50.3. The predicted octanol–water partition coefficient (Wildman–Crippen LogP) is 0.785. The third-order valence-electron chi connectivity index (χ3n) is 4.65. The van der Waals surface area contributed by atoms with Gasteiger partial charge in [-0.25, -0.2) is 9.67 Å². The van der Waals surface area contributed by atoms with Crippen LogP contribution in [0.3, 0.4) is 0 Å². The Balaban J connectivity index is 1.47. The minimum atomic E-state index is -4.76. The number of nitrogens with one attached hydrogen (secondary N) is 1. The van der Waals surface area contributed by atoms with Crippen molar-refractivity contribution in [3.63, 3.8) is 0 Å². The molecule has 2 aromatic rings. The van der Waals surface area contributed by atoms with Crippen molar-refractivity contribution in [2.24, 2.45) is 7.05 Å². The van der Waals surface area contributed by atoms with Crippen LogP contribution in [0.15, 0.2) is 18.3 Å². The number of carbonyl (C=O) groups is 2. The summed E-state index contributed by atoms with van der Waals surface area (Å²) in [4.78, 5) is 29.8. The molecule has 0 aliphatic carbocycles. The monoisotopic (exact) mass is 442 g/mol. The fraction of sp³-hybridized carbons (Fsp3) is 0.500. The maximum absolute atomic E-state index is 13.2. The molecule has 2 amide bonds. The maximum Gasteiger partial charge on any atom is 0.435 e. The lowest BCUT2D eigenvalue weighted by Gasteiger charge is -2.17. The number of hydrogen-bond donors (Lipinski definition) is 1. The Bertz CT molecular complexity index is 931. The van der Waals surface area contributed by atoms with E-state index in [1.165, 1.54) is 12.0 Å². The summed E-state index contributed by atoms with van der Waals surface area (Å²) >= 11 is 0. The van der Waals surface area contributed by atoms with Crippen LogP contribution >= 0.6 is 0 Å². The van der Waals surface area contributed by atoms with E-state index in [1.807, 2.05) is 0 Å². The standard InChI is InChI=1S/C18H21F3N6O4/c1-26-16(18(19,20)21)15(24-25-26)17(29)27-6-5-12(8-27)23-13(28)10-31-9-11-3-4-14(30-2)22-7-11/h3-4,7,12H,5-6,8-10H2,1-2H3,(H,23,28)/t12-/m1/s1. The second-order valence-electron chi connectivity index (χ2n) is 6.91. The van der Waals surface area contributed by atoms with Crippen molar-refractivity contribution in [3.05, 3.63) is 35.3 Å². The lowest BCUT2D eigenvalue weighted by Crippen LogP contribution is -2.40. The van der Waals surface area contributed by atoms with E-state index in [4.69, 9.17) is 9.47 Å². The maximum atomic E-state index is 13.2. The van der Waals surface area contributed by atoms with Crippen molar-refractivity contribution in [1.29, 1.82) is 0 Å². The van der Waals surface area contributed by atoms with Crippen LogP contribution in [-0.2, 0) is 29.4 Å². The minimum Gasteiger partial charge on any atom is -0.481 e. The van der Waals surface area contributed by atoms with Crippen molar-refractivity contribution < 1.29 is 32.2 Å². The van der Waals surface area contributed by atoms with Crippen LogP contribution in [0.1, 0.15) is 28.2 Å². The van der Waals surface area contributed by atoms with Gasteiger partial charge in [0.2, 0.25) is 11.8 Å². The molecular weight excluding hydrogens is 421 g/mol. The summed E-state index contributed by atoms with van der Waals surface area (Å²) in [6, 6.07) is 3.03. The molecule has 1 aliphatic heterocycles. The van der Waals surface area contributed by atoms with Gasteiger partial charge in [0.15, 0.2) is 11.4 Å². The quantitative estimate of drug-likeness (QED) is 0.675. The Kier molecular flexibility index (Phi) is 6.73. The molecule has 1 saturated heterocycles. The number of amides is 2. The molecule has 0 bridgehead atoms. The number of rotatable bonds is 7. The van der Waals surface area contributed by atoms with E-state index in [0.717, 1.165) is 12.6 Å². The highest BCUT2D eigenvalue weighted by atomic mass is 19.4. The third-order valence-corrected chi connectivity index (χ3v) is 4.65. The summed E-state index contributed by atoms with van der Waals surface area (Å²) in [5.74, 6) is -0.803. The van der Waals surface area contributed by atoms with E-state index in [-0.39, 0.29) is 26.3 Å². The van der Waals surface area contributed by atoms with Crippen LogP contribution in [0, 0.1) is 0 Å². The van der Waals surface area contributed by atoms with Gasteiger partial charge in [-0.15, -0.1) is 5.10 Å². The Morgan fingerprint density at radius 3 is 2.74 bits per heavy atom. The second-order valence-corrected chi connectivity index (χ2v) is 6.91. The molecule has 3 rings (SSSR count). The molecule has 1 atom stereocenters. The van der Waals surface area contributed by atoms with Crippen LogP contribution in [-0.4, -0.2) is 69.5 Å². The summed E-state index contributed by atoms with van der Waals surface area (Å²) in [5, 5.41) is 9.40. The molecule has 0 spiro atoms. The number of carbonyl (C=O) groups excluding carboxylic acids is 2. The van der Waals surface area contributed by atoms with Gasteiger partial charge in [0, 0.05) is 38.4 Å². The van der Waals surface area contributed by atoms with Crippen LogP contribution in [0.4, 0.5) is 13.2 Å². The van der Waals surface area contributed by atoms with Gasteiger partial charge in [-0.2, -0.15) is 13.2 Å². The lowest BCUT2D eigenvalue weighted by atomic mass is 10.2. The van der Waals surface area contributed by atoms with Crippen molar-refractivity contribution in [2.75, 3.05) is 26.8 Å². The molecule has 0 aromatic carbocycles. The number of halogens is 3. The van der Waals surface area contributed by atoms with Crippen molar-refractivity contribution in [3.8, 4) is 5.88 Å². The van der Waals surface area contributed by atoms with E-state index in [9.17, 15) is 22.8 Å². The smallest absolute Gasteiger partial charge is 0.435 e. The first kappa shape index (κ1) is 22.5. The molecular formula is C18H21F3N6O4. The van der Waals surface area contributed by atoms with Gasteiger partial charge in [-0.3, -0.25) is 9.59 Å². The number of aryl methyl sites for hydroxylation is 1. The fourth-order valence-electron chi connectivity index (χ4n) is 3.18. The van der Waals surface area contributed by atoms with Crippen LogP contribution in [0.2, 0.25) is 0 Å². The number of nitrogens with zero attached hydrogens (tertiary/aromatic N) is 5. The molecule has 0 saturated carbocycles. The zero-order valence-corrected chi connectivity index (χ0v) is 16.8. The normalized spacial score (nSPS) is 16.4. The number of pyridine rings is 1. The van der Waals surface area contributed by atoms with Crippen LogP contribution in [0.5, 0.6) is 5.88 Å². The Hall–Kier alpha value is -3.22. The number of alkyl halides is 3. The van der Waals surface area contributed by atoms with Crippen molar-refractivity contribution >= 4 is 11.8 Å². The molecule has 2 aromatic heterocycles. The van der Waals surface area contributed by atoms with Gasteiger partial charge in [0.25, 0.3) is 5.91 Å². The minimum absolute atomic E-state index is 0.0703. The van der Waals surface area contributed by atoms with Gasteiger partial charge >= 0.3 is 6.18 Å². The summed E-state index contributed by atoms with van der Waals surface area (Å²) in [5.41, 5.74) is -1.19. The van der Waals surface area contributed by atoms with Crippen molar-refractivity contribution in [1.82, 2.24) is 30.2 Å². The van der Waals surface area contributed by atoms with Gasteiger partial charge in [0.1, 0.15) is 6.61 Å². The first-order valence-electron chi connectivity index (χ1n) is 9.31. The van der Waals surface area contributed by atoms with E-state index < -0.39 is 35.4 Å². The highest BCUT2D eigenvalue weighted by Crippen LogP contribution is 2.31. The Labute approximate surface area is 175 Å². The largest absolute Gasteiger partial charge is 0.481 e. The van der Waals surface area contributed by atoms with Gasteiger partial charge in [-0.1, -0.05) is 5.21 Å². The Morgan fingerprint density at radius 1 is 1.32 bits per heavy atom. The zero-order valence-electron chi connectivity index (χ0n) is 16.8. The van der Waals surface area contributed by atoms with Crippen LogP contribution < -0.4 is 10.1 Å². The summed E-state index contributed by atoms with van der Waals surface area (Å²) in [6.45, 7) is 0.225. The molecule has 13 heteroatoms. The summed E-state index contributed by atoms with van der Waals surface area (Å²) in [6.07, 6.45) is -2.78. The average molecular weight is 442 g/mol. The van der Waals surface area contributed by atoms with E-state index >= 15 is 0 Å².